The van der Waals surface area contributed by atoms with Gasteiger partial charge in [0.05, 0.1) is 11.8 Å². The molecule has 0 heterocycles. The number of hydrogen-bond donors (Lipinski definition) is 0. The topological polar surface area (TPSA) is 52.6 Å². The van der Waals surface area contributed by atoms with E-state index in [0.29, 0.717) is 11.5 Å². The minimum Gasteiger partial charge on any atom is -0.426 e. The molecule has 0 fully saturated rings. The van der Waals surface area contributed by atoms with E-state index in [1.165, 1.54) is 0 Å². The highest BCUT2D eigenvalue weighted by Gasteiger charge is 2.17. The van der Waals surface area contributed by atoms with Crippen LogP contribution in [0.2, 0.25) is 0 Å². The van der Waals surface area contributed by atoms with Gasteiger partial charge in [0.2, 0.25) is 0 Å². The standard InChI is InChI=1S/C20H30O4/c1-5-7-10-15(3)19(21)23-17-12-9-13-18(14-17)24-20(22)16(4)11-8-6-2/h9,12-16H,5-8,10-11H2,1-4H3. The lowest BCUT2D eigenvalue weighted by molar-refractivity contribution is -0.139. The predicted octanol–water partition coefficient (Wildman–Crippen LogP) is 5.15. The molecule has 4 heteroatoms. The second-order valence-corrected chi connectivity index (χ2v) is 6.40. The van der Waals surface area contributed by atoms with E-state index < -0.39 is 0 Å². The molecule has 1 aromatic rings. The molecule has 0 amide bonds. The van der Waals surface area contributed by atoms with Crippen molar-refractivity contribution in [3.05, 3.63) is 24.3 Å². The molecular formula is C20H30O4. The Labute approximate surface area is 145 Å². The number of benzene rings is 1. The molecule has 4 nitrogen and oxygen atoms in total. The van der Waals surface area contributed by atoms with Gasteiger partial charge in [-0.25, -0.2) is 0 Å². The molecule has 0 saturated carbocycles. The monoisotopic (exact) mass is 334 g/mol. The molecule has 134 valence electrons. The minimum atomic E-state index is -0.247. The third kappa shape index (κ3) is 7.16. The maximum absolute atomic E-state index is 12.0. The molecular weight excluding hydrogens is 304 g/mol. The summed E-state index contributed by atoms with van der Waals surface area (Å²) in [6.45, 7) is 7.93. The Morgan fingerprint density at radius 3 is 1.67 bits per heavy atom. The maximum atomic E-state index is 12.0. The first-order valence-corrected chi connectivity index (χ1v) is 9.01. The third-order valence-corrected chi connectivity index (χ3v) is 4.03. The maximum Gasteiger partial charge on any atom is 0.314 e. The van der Waals surface area contributed by atoms with Gasteiger partial charge in [0, 0.05) is 6.07 Å². The summed E-state index contributed by atoms with van der Waals surface area (Å²) in [5, 5.41) is 0. The van der Waals surface area contributed by atoms with Gasteiger partial charge in [0.15, 0.2) is 0 Å². The van der Waals surface area contributed by atoms with Crippen LogP contribution in [-0.2, 0) is 9.59 Å². The van der Waals surface area contributed by atoms with Gasteiger partial charge < -0.3 is 9.47 Å². The molecule has 0 spiro atoms. The second kappa shape index (κ2) is 10.8. The van der Waals surface area contributed by atoms with Gasteiger partial charge in [-0.3, -0.25) is 9.59 Å². The Hall–Kier alpha value is -1.84. The number of rotatable bonds is 10. The minimum absolute atomic E-state index is 0.134. The van der Waals surface area contributed by atoms with Gasteiger partial charge in [0.1, 0.15) is 11.5 Å². The molecule has 2 atom stereocenters. The van der Waals surface area contributed by atoms with Crippen LogP contribution in [0.1, 0.15) is 66.2 Å². The first-order chi connectivity index (χ1) is 11.5. The summed E-state index contributed by atoms with van der Waals surface area (Å²) in [5.74, 6) is 0.0617. The molecule has 0 radical (unpaired) electrons. The summed E-state index contributed by atoms with van der Waals surface area (Å²) in [4.78, 5) is 24.1. The molecule has 2 unspecified atom stereocenters. The van der Waals surface area contributed by atoms with Crippen LogP contribution in [0, 0.1) is 11.8 Å². The van der Waals surface area contributed by atoms with Crippen LogP contribution >= 0.6 is 0 Å². The molecule has 1 rings (SSSR count). The Balaban J connectivity index is 2.60. The van der Waals surface area contributed by atoms with Crippen molar-refractivity contribution >= 4 is 11.9 Å². The second-order valence-electron chi connectivity index (χ2n) is 6.40. The number of esters is 2. The zero-order valence-electron chi connectivity index (χ0n) is 15.3. The van der Waals surface area contributed by atoms with Crippen LogP contribution in [-0.4, -0.2) is 11.9 Å². The summed E-state index contributed by atoms with van der Waals surface area (Å²) >= 11 is 0. The van der Waals surface area contributed by atoms with Crippen LogP contribution < -0.4 is 9.47 Å². The first kappa shape index (κ1) is 20.2. The zero-order chi connectivity index (χ0) is 17.9. The highest BCUT2D eigenvalue weighted by molar-refractivity contribution is 5.76. The normalized spacial score (nSPS) is 13.2. The molecule has 0 aromatic heterocycles. The van der Waals surface area contributed by atoms with Crippen molar-refractivity contribution in [2.45, 2.75) is 66.2 Å². The lowest BCUT2D eigenvalue weighted by atomic mass is 10.1. The number of unbranched alkanes of at least 4 members (excludes halogenated alkanes) is 2. The lowest BCUT2D eigenvalue weighted by Crippen LogP contribution is -2.19. The highest BCUT2D eigenvalue weighted by Crippen LogP contribution is 2.22. The Morgan fingerprint density at radius 2 is 1.29 bits per heavy atom. The first-order valence-electron chi connectivity index (χ1n) is 9.01. The summed E-state index contributed by atoms with van der Waals surface area (Å²) in [5.41, 5.74) is 0. The molecule has 1 aromatic carbocycles. The number of carbonyl (C=O) groups is 2. The summed E-state index contributed by atoms with van der Waals surface area (Å²) in [6.07, 6.45) is 5.75. The van der Waals surface area contributed by atoms with Crippen LogP contribution in [0.25, 0.3) is 0 Å². The van der Waals surface area contributed by atoms with Crippen molar-refractivity contribution < 1.29 is 19.1 Å². The van der Waals surface area contributed by atoms with E-state index >= 15 is 0 Å². The van der Waals surface area contributed by atoms with E-state index in [0.717, 1.165) is 38.5 Å². The quantitative estimate of drug-likeness (QED) is 0.438. The van der Waals surface area contributed by atoms with E-state index in [-0.39, 0.29) is 23.8 Å². The fourth-order valence-electron chi connectivity index (χ4n) is 2.29. The molecule has 0 aliphatic rings. The molecule has 0 aliphatic heterocycles. The van der Waals surface area contributed by atoms with Gasteiger partial charge in [-0.2, -0.15) is 0 Å². The van der Waals surface area contributed by atoms with Crippen LogP contribution in [0.5, 0.6) is 11.5 Å². The summed E-state index contributed by atoms with van der Waals surface area (Å²) in [7, 11) is 0. The van der Waals surface area contributed by atoms with Crippen molar-refractivity contribution in [2.24, 2.45) is 11.8 Å². The molecule has 0 bridgehead atoms. The summed E-state index contributed by atoms with van der Waals surface area (Å²) in [6, 6.07) is 6.71. The van der Waals surface area contributed by atoms with Gasteiger partial charge >= 0.3 is 11.9 Å². The average molecular weight is 334 g/mol. The lowest BCUT2D eigenvalue weighted by Gasteiger charge is -2.13. The SMILES string of the molecule is CCCCC(C)C(=O)Oc1cccc(OC(=O)C(C)CCCC)c1. The third-order valence-electron chi connectivity index (χ3n) is 4.03. The Kier molecular flexibility index (Phi) is 9.13. The van der Waals surface area contributed by atoms with Crippen molar-refractivity contribution in [2.75, 3.05) is 0 Å². The largest absolute Gasteiger partial charge is 0.426 e. The van der Waals surface area contributed by atoms with Gasteiger partial charge in [-0.05, 0) is 25.0 Å². The fraction of sp³-hybridized carbons (Fsp3) is 0.600. The van der Waals surface area contributed by atoms with Crippen LogP contribution in [0.3, 0.4) is 0 Å². The van der Waals surface area contributed by atoms with E-state index in [1.807, 2.05) is 13.8 Å². The van der Waals surface area contributed by atoms with Crippen LogP contribution in [0.4, 0.5) is 0 Å². The van der Waals surface area contributed by atoms with E-state index in [1.54, 1.807) is 24.3 Å². The van der Waals surface area contributed by atoms with Crippen molar-refractivity contribution in [3.8, 4) is 11.5 Å². The van der Waals surface area contributed by atoms with E-state index in [4.69, 9.17) is 9.47 Å². The van der Waals surface area contributed by atoms with Crippen LogP contribution in [0.15, 0.2) is 24.3 Å². The predicted molar refractivity (Wildman–Crippen MR) is 95.1 cm³/mol. The van der Waals surface area contributed by atoms with Crippen molar-refractivity contribution in [1.82, 2.24) is 0 Å². The smallest absolute Gasteiger partial charge is 0.314 e. The Bertz CT molecular complexity index is 481. The number of hydrogen-bond acceptors (Lipinski definition) is 4. The Morgan fingerprint density at radius 1 is 0.875 bits per heavy atom. The molecule has 24 heavy (non-hydrogen) atoms. The number of carbonyl (C=O) groups excluding carboxylic acids is 2. The molecule has 0 aliphatic carbocycles. The van der Waals surface area contributed by atoms with Gasteiger partial charge in [-0.15, -0.1) is 0 Å². The zero-order valence-corrected chi connectivity index (χ0v) is 15.3. The molecule has 0 N–H and O–H groups in total. The highest BCUT2D eigenvalue weighted by atomic mass is 16.5. The van der Waals surface area contributed by atoms with E-state index in [9.17, 15) is 9.59 Å². The number of ether oxygens (including phenoxy) is 2. The van der Waals surface area contributed by atoms with Crippen molar-refractivity contribution in [3.63, 3.8) is 0 Å². The van der Waals surface area contributed by atoms with Gasteiger partial charge in [0.25, 0.3) is 0 Å². The van der Waals surface area contributed by atoms with Crippen molar-refractivity contribution in [1.29, 1.82) is 0 Å². The summed E-state index contributed by atoms with van der Waals surface area (Å²) < 4.78 is 10.8. The average Bonchev–Trinajstić information content (AvgIpc) is 2.57. The molecule has 0 saturated heterocycles. The fourth-order valence-corrected chi connectivity index (χ4v) is 2.29. The van der Waals surface area contributed by atoms with E-state index in [2.05, 4.69) is 13.8 Å². The van der Waals surface area contributed by atoms with Gasteiger partial charge in [-0.1, -0.05) is 59.4 Å².